The number of ether oxygens (including phenoxy) is 1. The van der Waals surface area contributed by atoms with Crippen molar-refractivity contribution in [1.82, 2.24) is 9.88 Å². The van der Waals surface area contributed by atoms with Crippen LogP contribution in [0.25, 0.3) is 16.9 Å². The van der Waals surface area contributed by atoms with Crippen molar-refractivity contribution >= 4 is 5.91 Å². The lowest BCUT2D eigenvalue weighted by Gasteiger charge is -2.21. The number of benzene rings is 3. The van der Waals surface area contributed by atoms with E-state index in [0.717, 1.165) is 29.8 Å². The van der Waals surface area contributed by atoms with Gasteiger partial charge in [0.05, 0.1) is 12.3 Å². The van der Waals surface area contributed by atoms with Gasteiger partial charge in [-0.05, 0) is 79.6 Å². The van der Waals surface area contributed by atoms with Crippen LogP contribution in [0.3, 0.4) is 0 Å². The maximum Gasteiger partial charge on any atom is 0.251 e. The number of aromatic nitrogens is 1. The Morgan fingerprint density at radius 1 is 1.00 bits per heavy atom. The summed E-state index contributed by atoms with van der Waals surface area (Å²) in [7, 11) is 0. The molecule has 1 N–H and O–H groups in total. The molecular formula is C31H32N2O2. The van der Waals surface area contributed by atoms with Crippen LogP contribution in [0.5, 0.6) is 5.75 Å². The molecule has 1 aromatic heterocycles. The van der Waals surface area contributed by atoms with E-state index in [-0.39, 0.29) is 5.91 Å². The van der Waals surface area contributed by atoms with Crippen LogP contribution in [0.15, 0.2) is 84.9 Å². The predicted molar refractivity (Wildman–Crippen MR) is 141 cm³/mol. The minimum absolute atomic E-state index is 0.0884. The van der Waals surface area contributed by atoms with Crippen molar-refractivity contribution < 1.29 is 9.53 Å². The van der Waals surface area contributed by atoms with Gasteiger partial charge < -0.3 is 14.6 Å². The molecule has 0 saturated heterocycles. The van der Waals surface area contributed by atoms with Crippen LogP contribution in [0.4, 0.5) is 0 Å². The quantitative estimate of drug-likeness (QED) is 0.335. The van der Waals surface area contributed by atoms with E-state index in [1.165, 1.54) is 28.9 Å². The maximum atomic E-state index is 12.9. The molecule has 35 heavy (non-hydrogen) atoms. The van der Waals surface area contributed by atoms with Crippen molar-refractivity contribution in [2.75, 3.05) is 6.61 Å². The molecule has 0 fully saturated rings. The molecule has 0 aliphatic heterocycles. The third kappa shape index (κ3) is 4.88. The minimum atomic E-state index is -0.0884. The fraction of sp³-hybridized carbons (Fsp3) is 0.258. The first kappa shape index (κ1) is 23.0. The van der Waals surface area contributed by atoms with Crippen molar-refractivity contribution in [2.24, 2.45) is 5.92 Å². The van der Waals surface area contributed by atoms with Gasteiger partial charge in [-0.25, -0.2) is 0 Å². The van der Waals surface area contributed by atoms with Crippen LogP contribution in [-0.2, 0) is 19.4 Å². The second kappa shape index (κ2) is 10.2. The van der Waals surface area contributed by atoms with E-state index in [1.807, 2.05) is 43.3 Å². The summed E-state index contributed by atoms with van der Waals surface area (Å²) in [6.45, 7) is 5.32. The van der Waals surface area contributed by atoms with E-state index >= 15 is 0 Å². The summed E-state index contributed by atoms with van der Waals surface area (Å²) in [4.78, 5) is 12.9. The van der Waals surface area contributed by atoms with Crippen LogP contribution in [0.2, 0.25) is 0 Å². The number of carbonyl (C=O) groups is 1. The summed E-state index contributed by atoms with van der Waals surface area (Å²) in [5, 5.41) is 3.03. The van der Waals surface area contributed by atoms with Gasteiger partial charge in [-0.1, -0.05) is 55.5 Å². The molecule has 178 valence electrons. The zero-order valence-electron chi connectivity index (χ0n) is 20.5. The molecule has 0 radical (unpaired) electrons. The van der Waals surface area contributed by atoms with Crippen LogP contribution in [-0.4, -0.2) is 17.1 Å². The predicted octanol–water partition coefficient (Wildman–Crippen LogP) is 6.60. The Morgan fingerprint density at radius 2 is 1.74 bits per heavy atom. The largest absolute Gasteiger partial charge is 0.494 e. The topological polar surface area (TPSA) is 43.3 Å². The fourth-order valence-electron chi connectivity index (χ4n) is 5.01. The second-order valence-corrected chi connectivity index (χ2v) is 9.32. The lowest BCUT2D eigenvalue weighted by molar-refractivity contribution is 0.0950. The second-order valence-electron chi connectivity index (χ2n) is 9.32. The highest BCUT2D eigenvalue weighted by Crippen LogP contribution is 2.35. The summed E-state index contributed by atoms with van der Waals surface area (Å²) in [6, 6.07) is 28.7. The first-order valence-corrected chi connectivity index (χ1v) is 12.5. The van der Waals surface area contributed by atoms with Gasteiger partial charge in [-0.3, -0.25) is 4.79 Å². The van der Waals surface area contributed by atoms with E-state index in [2.05, 4.69) is 65.3 Å². The normalized spacial score (nSPS) is 14.9. The Bertz CT molecular complexity index is 1310. The van der Waals surface area contributed by atoms with Gasteiger partial charge in [0.25, 0.3) is 5.91 Å². The molecule has 4 nitrogen and oxygen atoms in total. The van der Waals surface area contributed by atoms with E-state index in [9.17, 15) is 4.79 Å². The molecule has 1 atom stereocenters. The van der Waals surface area contributed by atoms with Crippen molar-refractivity contribution in [3.8, 4) is 22.7 Å². The standard InChI is InChI=1S/C31H32N2O2/c1-3-35-30-12-8-7-11-25(30)21-32-31(34)24-14-16-27(17-15-24)33-28-18-13-22(2)19-26(28)20-29(33)23-9-5-4-6-10-23/h4-12,14-17,20,22H,3,13,18-19,21H2,1-2H3,(H,32,34). The van der Waals surface area contributed by atoms with Gasteiger partial charge in [0, 0.05) is 29.1 Å². The van der Waals surface area contributed by atoms with Gasteiger partial charge in [0.2, 0.25) is 0 Å². The molecule has 0 bridgehead atoms. The van der Waals surface area contributed by atoms with Crippen molar-refractivity contribution in [2.45, 2.75) is 39.7 Å². The van der Waals surface area contributed by atoms with Crippen molar-refractivity contribution in [3.63, 3.8) is 0 Å². The van der Waals surface area contributed by atoms with Crippen LogP contribution in [0.1, 0.15) is 47.4 Å². The highest BCUT2D eigenvalue weighted by Gasteiger charge is 2.23. The summed E-state index contributed by atoms with van der Waals surface area (Å²) in [5.41, 5.74) is 7.99. The van der Waals surface area contributed by atoms with E-state index in [0.29, 0.717) is 24.6 Å². The first-order valence-electron chi connectivity index (χ1n) is 12.5. The summed E-state index contributed by atoms with van der Waals surface area (Å²) in [6.07, 6.45) is 3.39. The molecular weight excluding hydrogens is 432 g/mol. The average molecular weight is 465 g/mol. The Balaban J connectivity index is 1.40. The molecule has 1 unspecified atom stereocenters. The number of rotatable bonds is 7. The Kier molecular flexibility index (Phi) is 6.71. The zero-order chi connectivity index (χ0) is 24.2. The lowest BCUT2D eigenvalue weighted by Crippen LogP contribution is -2.23. The SMILES string of the molecule is CCOc1ccccc1CNC(=O)c1ccc(-n2c(-c3ccccc3)cc3c2CCC(C)C3)cc1. The molecule has 1 heterocycles. The number of fused-ring (bicyclic) bond motifs is 1. The first-order chi connectivity index (χ1) is 17.1. The van der Waals surface area contributed by atoms with E-state index < -0.39 is 0 Å². The van der Waals surface area contributed by atoms with Crippen LogP contribution >= 0.6 is 0 Å². The monoisotopic (exact) mass is 464 g/mol. The number of nitrogens with zero attached hydrogens (tertiary/aromatic N) is 1. The molecule has 0 spiro atoms. The highest BCUT2D eigenvalue weighted by atomic mass is 16.5. The highest BCUT2D eigenvalue weighted by molar-refractivity contribution is 5.94. The summed E-state index contributed by atoms with van der Waals surface area (Å²) < 4.78 is 8.06. The minimum Gasteiger partial charge on any atom is -0.494 e. The van der Waals surface area contributed by atoms with Gasteiger partial charge in [-0.2, -0.15) is 0 Å². The van der Waals surface area contributed by atoms with E-state index in [4.69, 9.17) is 4.74 Å². The van der Waals surface area contributed by atoms with Crippen molar-refractivity contribution in [1.29, 1.82) is 0 Å². The summed E-state index contributed by atoms with van der Waals surface area (Å²) >= 11 is 0. The number of hydrogen-bond acceptors (Lipinski definition) is 2. The van der Waals surface area contributed by atoms with Gasteiger partial charge in [0.1, 0.15) is 5.75 Å². The number of para-hydroxylation sites is 1. The fourth-order valence-corrected chi connectivity index (χ4v) is 5.01. The molecule has 1 aliphatic rings. The smallest absolute Gasteiger partial charge is 0.251 e. The van der Waals surface area contributed by atoms with Gasteiger partial charge >= 0.3 is 0 Å². The molecule has 5 rings (SSSR count). The Morgan fingerprint density at radius 3 is 2.51 bits per heavy atom. The summed E-state index contributed by atoms with van der Waals surface area (Å²) in [5.74, 6) is 1.43. The number of hydrogen-bond donors (Lipinski definition) is 1. The average Bonchev–Trinajstić information content (AvgIpc) is 3.27. The Hall–Kier alpha value is -3.79. The molecule has 4 aromatic rings. The lowest BCUT2D eigenvalue weighted by atomic mass is 9.89. The van der Waals surface area contributed by atoms with Crippen LogP contribution in [0, 0.1) is 5.92 Å². The maximum absolute atomic E-state index is 12.9. The van der Waals surface area contributed by atoms with Crippen molar-refractivity contribution in [3.05, 3.63) is 107 Å². The Labute approximate surface area is 207 Å². The number of carbonyl (C=O) groups excluding carboxylic acids is 1. The molecule has 4 heteroatoms. The third-order valence-electron chi connectivity index (χ3n) is 6.80. The van der Waals surface area contributed by atoms with Gasteiger partial charge in [0.15, 0.2) is 0 Å². The third-order valence-corrected chi connectivity index (χ3v) is 6.80. The number of amides is 1. The molecule has 0 saturated carbocycles. The molecule has 3 aromatic carbocycles. The molecule has 1 aliphatic carbocycles. The van der Waals surface area contributed by atoms with Gasteiger partial charge in [-0.15, -0.1) is 0 Å². The van der Waals surface area contributed by atoms with Crippen LogP contribution < -0.4 is 10.1 Å². The van der Waals surface area contributed by atoms with E-state index in [1.54, 1.807) is 0 Å². The zero-order valence-corrected chi connectivity index (χ0v) is 20.5. The number of nitrogens with one attached hydrogen (secondary N) is 1. The molecule has 1 amide bonds.